The molecule has 0 N–H and O–H groups in total. The molecular formula is CH2AsNO4. The molecule has 6 heteroatoms. The first-order valence-corrected chi connectivity index (χ1v) is 2.46. The van der Waals surface area contributed by atoms with Crippen molar-refractivity contribution in [1.82, 2.24) is 0 Å². The van der Waals surface area contributed by atoms with Gasteiger partial charge in [0, 0.05) is 0 Å². The molecule has 0 heterocycles. The first-order valence-electron chi connectivity index (χ1n) is 1.24. The van der Waals surface area contributed by atoms with Crippen molar-refractivity contribution in [2.45, 2.75) is 0 Å². The molecule has 1 unspecified atom stereocenters. The molecule has 0 aromatic rings. The predicted molar refractivity (Wildman–Crippen MR) is 22.0 cm³/mol. The van der Waals surface area contributed by atoms with Crippen LogP contribution in [0.5, 0.6) is 0 Å². The van der Waals surface area contributed by atoms with E-state index in [0.717, 1.165) is 0 Å². The average molecular weight is 167 g/mol. The van der Waals surface area contributed by atoms with Crippen LogP contribution >= 0.6 is 0 Å². The van der Waals surface area contributed by atoms with Crippen LogP contribution in [0.25, 0.3) is 0 Å². The third-order valence-corrected chi connectivity index (χ3v) is 0.386. The zero-order chi connectivity index (χ0) is 5.86. The van der Waals surface area contributed by atoms with Gasteiger partial charge in [0.05, 0.1) is 0 Å². The molecule has 0 aliphatic carbocycles. The van der Waals surface area contributed by atoms with E-state index in [4.69, 9.17) is 0 Å². The van der Waals surface area contributed by atoms with Crippen molar-refractivity contribution >= 4 is 21.6 Å². The van der Waals surface area contributed by atoms with E-state index in [-0.39, 0.29) is 0 Å². The number of nitrogens with zero attached hydrogens (tertiary/aromatic N) is 1. The molecular weight excluding hydrogens is 165 g/mol. The number of rotatable bonds is 1. The molecule has 40 valence electrons. The Kier molecular flexibility index (Phi) is 2.37. The van der Waals surface area contributed by atoms with E-state index >= 15 is 0 Å². The van der Waals surface area contributed by atoms with Crippen molar-refractivity contribution in [2.75, 3.05) is 0 Å². The predicted octanol–water partition coefficient (Wildman–Crippen LogP) is -1.05. The molecule has 0 aliphatic rings. The van der Waals surface area contributed by atoms with Gasteiger partial charge in [-0.05, 0) is 0 Å². The molecule has 0 aromatic heterocycles. The Morgan fingerprint density at radius 1 is 1.86 bits per heavy atom. The summed E-state index contributed by atoms with van der Waals surface area (Å²) < 4.78 is -0.850. The summed E-state index contributed by atoms with van der Waals surface area (Å²) >= 11 is 0.557. The molecule has 0 aliphatic heterocycles. The standard InChI is InChI=1S/CH2AsNO4/c2-1(4)7-3(5)6/h2H2. The molecule has 0 bridgehead atoms. The van der Waals surface area contributed by atoms with Crippen LogP contribution in [-0.4, -0.2) is 26.7 Å². The minimum absolute atomic E-state index is 0.557. The van der Waals surface area contributed by atoms with Gasteiger partial charge in [-0.2, -0.15) is 0 Å². The molecule has 5 nitrogen and oxygen atoms in total. The third-order valence-electron chi connectivity index (χ3n) is 0.165. The van der Waals surface area contributed by atoms with E-state index in [1.165, 1.54) is 0 Å². The van der Waals surface area contributed by atoms with Crippen LogP contribution in [0, 0.1) is 10.1 Å². The van der Waals surface area contributed by atoms with Gasteiger partial charge in [-0.15, -0.1) is 0 Å². The molecule has 0 radical (unpaired) electrons. The topological polar surface area (TPSA) is 69.4 Å². The summed E-state index contributed by atoms with van der Waals surface area (Å²) in [5, 5.41) is 8.05. The zero-order valence-corrected chi connectivity index (χ0v) is 5.58. The van der Waals surface area contributed by atoms with Crippen LogP contribution < -0.4 is 0 Å². The minimum atomic E-state index is -1.13. The quantitative estimate of drug-likeness (QED) is 0.283. The molecule has 0 amide bonds. The Morgan fingerprint density at radius 3 is 2.29 bits per heavy atom. The number of carbonyl (C=O) groups excluding carboxylic acids is 1. The van der Waals surface area contributed by atoms with Crippen molar-refractivity contribution in [3.63, 3.8) is 0 Å². The summed E-state index contributed by atoms with van der Waals surface area (Å²) in [7, 11) is 0. The SMILES string of the molecule is O=C([AsH2])O[N+](=O)[O-]. The van der Waals surface area contributed by atoms with Gasteiger partial charge in [0.2, 0.25) is 0 Å². The third kappa shape index (κ3) is 5.43. The zero-order valence-electron chi connectivity index (χ0n) is 3.16. The molecule has 0 saturated carbocycles. The van der Waals surface area contributed by atoms with Gasteiger partial charge in [0.15, 0.2) is 0 Å². The van der Waals surface area contributed by atoms with Gasteiger partial charge in [0.1, 0.15) is 0 Å². The Labute approximate surface area is 47.2 Å². The first kappa shape index (κ1) is 6.43. The van der Waals surface area contributed by atoms with Gasteiger partial charge < -0.3 is 0 Å². The van der Waals surface area contributed by atoms with Crippen LogP contribution in [0.2, 0.25) is 0 Å². The first-order chi connectivity index (χ1) is 3.13. The molecule has 0 fully saturated rings. The average Bonchev–Trinajstić information content (AvgIpc) is 1.27. The fourth-order valence-electron chi connectivity index (χ4n) is 0.0735. The van der Waals surface area contributed by atoms with Crippen molar-refractivity contribution in [1.29, 1.82) is 0 Å². The van der Waals surface area contributed by atoms with Crippen LogP contribution in [0.4, 0.5) is 4.79 Å². The normalized spacial score (nSPS) is 7.57. The Bertz CT molecular complexity index is 87.9. The van der Waals surface area contributed by atoms with Gasteiger partial charge in [-0.3, -0.25) is 0 Å². The number of carbonyl (C=O) groups is 1. The van der Waals surface area contributed by atoms with Gasteiger partial charge in [-0.1, -0.05) is 0 Å². The Morgan fingerprint density at radius 2 is 2.29 bits per heavy atom. The van der Waals surface area contributed by atoms with Gasteiger partial charge >= 0.3 is 46.4 Å². The fraction of sp³-hybridized carbons (Fsp3) is 0. The molecule has 0 aromatic carbocycles. The van der Waals surface area contributed by atoms with E-state index in [9.17, 15) is 14.9 Å². The van der Waals surface area contributed by atoms with E-state index in [0.29, 0.717) is 16.9 Å². The van der Waals surface area contributed by atoms with E-state index in [1.807, 2.05) is 0 Å². The summed E-state index contributed by atoms with van der Waals surface area (Å²) in [6.45, 7) is 0. The number of hydrogen-bond acceptors (Lipinski definition) is 4. The second kappa shape index (κ2) is 2.58. The summed E-state index contributed by atoms with van der Waals surface area (Å²) in [6, 6.07) is 0. The summed E-state index contributed by atoms with van der Waals surface area (Å²) in [6.07, 6.45) is 0. The molecule has 0 rings (SSSR count). The number of hydrogen-bond donors (Lipinski definition) is 0. The van der Waals surface area contributed by atoms with Crippen molar-refractivity contribution < 1.29 is 14.7 Å². The summed E-state index contributed by atoms with van der Waals surface area (Å²) in [5.74, 6) is 0. The maximum absolute atomic E-state index is 9.62. The second-order valence-corrected chi connectivity index (χ2v) is 1.62. The van der Waals surface area contributed by atoms with Gasteiger partial charge in [-0.25, -0.2) is 0 Å². The molecule has 0 saturated heterocycles. The van der Waals surface area contributed by atoms with Gasteiger partial charge in [0.25, 0.3) is 0 Å². The van der Waals surface area contributed by atoms with Crippen LogP contribution in [0.3, 0.4) is 0 Å². The van der Waals surface area contributed by atoms with Crippen molar-refractivity contribution in [3.05, 3.63) is 10.1 Å². The summed E-state index contributed by atoms with van der Waals surface area (Å²) in [4.78, 5) is 22.2. The fourth-order valence-corrected chi connectivity index (χ4v) is 0.254. The van der Waals surface area contributed by atoms with Crippen LogP contribution in [-0.2, 0) is 4.84 Å². The second-order valence-electron chi connectivity index (χ2n) is 0.634. The van der Waals surface area contributed by atoms with Crippen molar-refractivity contribution in [2.24, 2.45) is 0 Å². The van der Waals surface area contributed by atoms with E-state index in [2.05, 4.69) is 4.84 Å². The van der Waals surface area contributed by atoms with Crippen LogP contribution in [0.1, 0.15) is 0 Å². The molecule has 0 spiro atoms. The van der Waals surface area contributed by atoms with Crippen LogP contribution in [0.15, 0.2) is 0 Å². The molecule has 1 atom stereocenters. The Hall–Kier alpha value is -0.572. The maximum atomic E-state index is 9.62. The van der Waals surface area contributed by atoms with E-state index in [1.54, 1.807) is 0 Å². The Balaban J connectivity index is 3.32. The summed E-state index contributed by atoms with van der Waals surface area (Å²) in [5.41, 5.74) is 0. The molecule has 7 heavy (non-hydrogen) atoms. The monoisotopic (exact) mass is 167 g/mol. The van der Waals surface area contributed by atoms with E-state index < -0.39 is 9.84 Å². The van der Waals surface area contributed by atoms with Crippen molar-refractivity contribution in [3.8, 4) is 0 Å².